The maximum absolute atomic E-state index is 10.8. The van der Waals surface area contributed by atoms with Crippen molar-refractivity contribution in [2.24, 2.45) is 0 Å². The summed E-state index contributed by atoms with van der Waals surface area (Å²) in [5.74, 6) is 1.32. The quantitative estimate of drug-likeness (QED) is 0.292. The van der Waals surface area contributed by atoms with Crippen molar-refractivity contribution in [3.05, 3.63) is 96.1 Å². The normalized spacial score (nSPS) is 11.1. The Labute approximate surface area is 193 Å². The number of hydrogen-bond donors (Lipinski definition) is 1. The van der Waals surface area contributed by atoms with Crippen LogP contribution in [0.1, 0.15) is 24.5 Å². The Morgan fingerprint density at radius 3 is 2.33 bits per heavy atom. The van der Waals surface area contributed by atoms with E-state index in [1.807, 2.05) is 60.7 Å². The summed E-state index contributed by atoms with van der Waals surface area (Å²) in [6.45, 7) is 2.18. The molecule has 0 atom stereocenters. The Balaban J connectivity index is 1.88. The summed E-state index contributed by atoms with van der Waals surface area (Å²) in [6, 6.07) is 26.0. The number of methoxy groups -OCH3 is 1. The van der Waals surface area contributed by atoms with E-state index in [4.69, 9.17) is 14.6 Å². The molecule has 0 aliphatic heterocycles. The van der Waals surface area contributed by atoms with Crippen LogP contribution in [0.5, 0.6) is 17.2 Å². The predicted octanol–water partition coefficient (Wildman–Crippen LogP) is 7.36. The third-order valence-electron chi connectivity index (χ3n) is 5.48. The van der Waals surface area contributed by atoms with Gasteiger partial charge in [-0.2, -0.15) is 0 Å². The summed E-state index contributed by atoms with van der Waals surface area (Å²) < 4.78 is 12.0. The van der Waals surface area contributed by atoms with E-state index >= 15 is 0 Å². The van der Waals surface area contributed by atoms with Gasteiger partial charge in [-0.15, -0.1) is 0 Å². The molecule has 0 aliphatic rings. The van der Waals surface area contributed by atoms with Gasteiger partial charge in [-0.05, 0) is 64.9 Å². The first-order valence-corrected chi connectivity index (χ1v) is 11.0. The van der Waals surface area contributed by atoms with Crippen LogP contribution >= 0.6 is 0 Å². The molecule has 0 bridgehead atoms. The number of aliphatic carboxylic acids is 1. The fourth-order valence-electron chi connectivity index (χ4n) is 3.96. The van der Waals surface area contributed by atoms with Crippen LogP contribution in [-0.4, -0.2) is 18.2 Å². The van der Waals surface area contributed by atoms with E-state index in [1.54, 1.807) is 13.2 Å². The first kappa shape index (κ1) is 22.2. The lowest BCUT2D eigenvalue weighted by Gasteiger charge is -2.19. The van der Waals surface area contributed by atoms with E-state index in [0.29, 0.717) is 5.75 Å². The fraction of sp³-hybridized carbons (Fsp3) is 0.138. The molecular formula is C29H26O4. The van der Waals surface area contributed by atoms with Crippen LogP contribution < -0.4 is 9.47 Å². The van der Waals surface area contributed by atoms with Gasteiger partial charge in [0.25, 0.3) is 0 Å². The fourth-order valence-corrected chi connectivity index (χ4v) is 3.96. The number of aryl methyl sites for hydroxylation is 1. The Morgan fingerprint density at radius 1 is 0.939 bits per heavy atom. The smallest absolute Gasteiger partial charge is 0.328 e. The molecule has 4 nitrogen and oxygen atoms in total. The van der Waals surface area contributed by atoms with E-state index in [-0.39, 0.29) is 0 Å². The topological polar surface area (TPSA) is 55.8 Å². The highest BCUT2D eigenvalue weighted by Gasteiger charge is 2.18. The van der Waals surface area contributed by atoms with E-state index in [1.165, 1.54) is 5.56 Å². The maximum Gasteiger partial charge on any atom is 0.328 e. The summed E-state index contributed by atoms with van der Waals surface area (Å²) in [5.41, 5.74) is 4.21. The minimum absolute atomic E-state index is 0.686. The van der Waals surface area contributed by atoms with Crippen molar-refractivity contribution in [3.8, 4) is 28.4 Å². The van der Waals surface area contributed by atoms with Gasteiger partial charge >= 0.3 is 5.97 Å². The summed E-state index contributed by atoms with van der Waals surface area (Å²) in [4.78, 5) is 10.8. The van der Waals surface area contributed by atoms with Gasteiger partial charge in [0.1, 0.15) is 17.2 Å². The van der Waals surface area contributed by atoms with E-state index in [2.05, 4.69) is 25.1 Å². The molecule has 0 saturated heterocycles. The molecule has 4 aromatic carbocycles. The number of benzene rings is 4. The molecule has 33 heavy (non-hydrogen) atoms. The third-order valence-corrected chi connectivity index (χ3v) is 5.48. The van der Waals surface area contributed by atoms with Crippen molar-refractivity contribution in [1.82, 2.24) is 0 Å². The highest BCUT2D eigenvalue weighted by molar-refractivity contribution is 5.98. The average molecular weight is 439 g/mol. The second kappa shape index (κ2) is 10.0. The van der Waals surface area contributed by atoms with Crippen LogP contribution in [0.15, 0.2) is 84.9 Å². The minimum Gasteiger partial charge on any atom is -0.497 e. The van der Waals surface area contributed by atoms with Gasteiger partial charge in [-0.25, -0.2) is 4.79 Å². The van der Waals surface area contributed by atoms with E-state index in [9.17, 15) is 4.79 Å². The highest BCUT2D eigenvalue weighted by atomic mass is 16.5. The molecule has 4 heteroatoms. The second-order valence-electron chi connectivity index (χ2n) is 7.79. The molecular weight excluding hydrogens is 412 g/mol. The lowest BCUT2D eigenvalue weighted by molar-refractivity contribution is -0.131. The zero-order valence-corrected chi connectivity index (χ0v) is 18.7. The van der Waals surface area contributed by atoms with Crippen molar-refractivity contribution >= 4 is 22.8 Å². The average Bonchev–Trinajstić information content (AvgIpc) is 2.84. The molecule has 0 spiro atoms. The molecule has 0 heterocycles. The monoisotopic (exact) mass is 438 g/mol. The Bertz CT molecular complexity index is 1290. The molecule has 0 saturated carbocycles. The molecule has 4 rings (SSSR count). The third kappa shape index (κ3) is 5.07. The van der Waals surface area contributed by atoms with Gasteiger partial charge in [0.15, 0.2) is 0 Å². The molecule has 0 fully saturated rings. The zero-order valence-electron chi connectivity index (χ0n) is 18.7. The molecule has 4 aromatic rings. The Morgan fingerprint density at radius 2 is 1.67 bits per heavy atom. The number of rotatable bonds is 8. The number of carboxylic acids is 1. The number of carboxylic acid groups (broad SMARTS) is 1. The van der Waals surface area contributed by atoms with Crippen molar-refractivity contribution in [2.45, 2.75) is 19.8 Å². The molecule has 0 aliphatic carbocycles. The molecule has 0 radical (unpaired) electrons. The van der Waals surface area contributed by atoms with Gasteiger partial charge in [-0.1, -0.05) is 61.9 Å². The van der Waals surface area contributed by atoms with Crippen molar-refractivity contribution < 1.29 is 19.4 Å². The molecule has 166 valence electrons. The van der Waals surface area contributed by atoms with Crippen LogP contribution in [0, 0.1) is 0 Å². The molecule has 1 N–H and O–H groups in total. The van der Waals surface area contributed by atoms with E-state index in [0.717, 1.165) is 57.9 Å². The summed E-state index contributed by atoms with van der Waals surface area (Å²) >= 11 is 0. The van der Waals surface area contributed by atoms with Crippen molar-refractivity contribution in [1.29, 1.82) is 0 Å². The van der Waals surface area contributed by atoms with Crippen LogP contribution in [0.3, 0.4) is 0 Å². The zero-order chi connectivity index (χ0) is 23.2. The first-order chi connectivity index (χ1) is 16.1. The van der Waals surface area contributed by atoms with Gasteiger partial charge in [0, 0.05) is 17.0 Å². The molecule has 0 unspecified atom stereocenters. The molecule has 0 aromatic heterocycles. The number of ether oxygens (including phenoxy) is 2. The summed E-state index contributed by atoms with van der Waals surface area (Å²) in [7, 11) is 1.67. The highest BCUT2D eigenvalue weighted by Crippen LogP contribution is 2.43. The number of hydrogen-bond acceptors (Lipinski definition) is 3. The Hall–Kier alpha value is -4.05. The van der Waals surface area contributed by atoms with Crippen LogP contribution in [-0.2, 0) is 11.2 Å². The van der Waals surface area contributed by atoms with Crippen LogP contribution in [0.2, 0.25) is 0 Å². The largest absolute Gasteiger partial charge is 0.497 e. The van der Waals surface area contributed by atoms with E-state index < -0.39 is 5.97 Å². The second-order valence-corrected chi connectivity index (χ2v) is 7.79. The predicted molar refractivity (Wildman–Crippen MR) is 133 cm³/mol. The lowest BCUT2D eigenvalue weighted by atomic mass is 9.91. The SMILES string of the molecule is CCCc1cc2cc(OC)ccc2c(Oc2ccc(C=CC(=O)O)cc2)c1-c1ccccc1. The molecule has 0 amide bonds. The number of carbonyl (C=O) groups is 1. The van der Waals surface area contributed by atoms with Crippen LogP contribution in [0.4, 0.5) is 0 Å². The first-order valence-electron chi connectivity index (χ1n) is 11.0. The van der Waals surface area contributed by atoms with Gasteiger partial charge in [-0.3, -0.25) is 0 Å². The van der Waals surface area contributed by atoms with Gasteiger partial charge in [0.05, 0.1) is 7.11 Å². The minimum atomic E-state index is -0.975. The lowest BCUT2D eigenvalue weighted by Crippen LogP contribution is -1.97. The summed E-state index contributed by atoms with van der Waals surface area (Å²) in [6.07, 6.45) is 4.62. The summed E-state index contributed by atoms with van der Waals surface area (Å²) in [5, 5.41) is 10.9. The van der Waals surface area contributed by atoms with Crippen molar-refractivity contribution in [2.75, 3.05) is 7.11 Å². The van der Waals surface area contributed by atoms with Crippen LogP contribution in [0.25, 0.3) is 28.0 Å². The number of fused-ring (bicyclic) bond motifs is 1. The Kier molecular flexibility index (Phi) is 6.75. The van der Waals surface area contributed by atoms with Gasteiger partial charge < -0.3 is 14.6 Å². The van der Waals surface area contributed by atoms with Gasteiger partial charge in [0.2, 0.25) is 0 Å². The standard InChI is InChI=1S/C29H26O4/c1-3-7-22-18-23-19-25(32-2)15-16-26(23)29(28(22)21-8-5-4-6-9-21)33-24-13-10-20(11-14-24)12-17-27(30)31/h4-6,8-19H,3,7H2,1-2H3,(H,30,31). The maximum atomic E-state index is 10.8. The van der Waals surface area contributed by atoms with Crippen molar-refractivity contribution in [3.63, 3.8) is 0 Å².